The highest BCUT2D eigenvalue weighted by molar-refractivity contribution is 7.96. The average molecular weight is 242 g/mol. The van der Waals surface area contributed by atoms with Crippen molar-refractivity contribution in [2.45, 2.75) is 19.8 Å². The van der Waals surface area contributed by atoms with Gasteiger partial charge in [0.25, 0.3) is 10.4 Å². The number of nitrogens with two attached hydrogens (primary N) is 2. The predicted octanol–water partition coefficient (Wildman–Crippen LogP) is 1.69. The van der Waals surface area contributed by atoms with E-state index in [1.165, 1.54) is 18.5 Å². The van der Waals surface area contributed by atoms with Crippen LogP contribution in [0, 0.1) is 0 Å². The molecule has 0 saturated heterocycles. The molecule has 1 amide bonds. The molecule has 78 valence electrons. The second-order valence-corrected chi connectivity index (χ2v) is 3.57. The van der Waals surface area contributed by atoms with Gasteiger partial charge >= 0.3 is 0 Å². The van der Waals surface area contributed by atoms with Gasteiger partial charge in [0.2, 0.25) is 0 Å². The number of hydrogen-bond acceptors (Lipinski definition) is 4. The predicted molar refractivity (Wildman–Crippen MR) is 63.8 cm³/mol. The Morgan fingerprint density at radius 2 is 2.08 bits per heavy atom. The molecule has 0 saturated carbocycles. The van der Waals surface area contributed by atoms with Gasteiger partial charge in [0.05, 0.1) is 12.0 Å². The molecule has 0 radical (unpaired) electrons. The fourth-order valence-electron chi connectivity index (χ4n) is 0.303. The summed E-state index contributed by atoms with van der Waals surface area (Å²) in [5.41, 5.74) is 9.40. The molecule has 0 aromatic rings. The summed E-state index contributed by atoms with van der Waals surface area (Å²) in [5.74, 6) is 0.966. The average Bonchev–Trinajstić information content (AvgIpc) is 1.97. The largest absolute Gasteiger partial charge is 0.398 e. The van der Waals surface area contributed by atoms with Crippen molar-refractivity contribution in [3.8, 4) is 0 Å². The Labute approximate surface area is 93.4 Å². The first-order chi connectivity index (χ1) is 6.00. The van der Waals surface area contributed by atoms with Crippen LogP contribution in [0.2, 0.25) is 0 Å². The lowest BCUT2D eigenvalue weighted by atomic mass is 10.4. The van der Waals surface area contributed by atoms with Crippen molar-refractivity contribution in [1.29, 1.82) is 0 Å². The number of carbonyl (C=O) groups excluding carboxylic acids is 1. The van der Waals surface area contributed by atoms with Gasteiger partial charge in [-0.3, -0.25) is 4.79 Å². The maximum absolute atomic E-state index is 9.09. The highest BCUT2D eigenvalue weighted by atomic mass is 32.2. The Morgan fingerprint density at radius 1 is 1.62 bits per heavy atom. The van der Waals surface area contributed by atoms with Gasteiger partial charge in [-0.2, -0.15) is 0 Å². The monoisotopic (exact) mass is 242 g/mol. The number of primary amides is 1. The molecule has 0 heterocycles. The molecule has 0 unspecified atom stereocenters. The number of thiocarbonyl (C=S) groups is 1. The summed E-state index contributed by atoms with van der Waals surface area (Å²) in [6.45, 7) is 2.13. The first-order valence-electron chi connectivity index (χ1n) is 3.58. The Hall–Kier alpha value is -0.140. The topological polar surface area (TPSA) is 78.3 Å². The summed E-state index contributed by atoms with van der Waals surface area (Å²) in [6.07, 6.45) is 2.32. The SMILES string of the molecule is CCCCSOC(N)=S.NC(=O)S. The zero-order valence-electron chi connectivity index (χ0n) is 7.36. The molecule has 0 spiro atoms. The van der Waals surface area contributed by atoms with E-state index in [9.17, 15) is 0 Å². The molecule has 0 aromatic carbocycles. The minimum Gasteiger partial charge on any atom is -0.398 e. The molecular weight excluding hydrogens is 228 g/mol. The van der Waals surface area contributed by atoms with Crippen molar-refractivity contribution in [2.24, 2.45) is 11.5 Å². The van der Waals surface area contributed by atoms with E-state index >= 15 is 0 Å². The minimum absolute atomic E-state index is 0.121. The molecule has 0 aromatic heterocycles. The van der Waals surface area contributed by atoms with E-state index in [0.29, 0.717) is 0 Å². The van der Waals surface area contributed by atoms with Crippen LogP contribution in [0.3, 0.4) is 0 Å². The van der Waals surface area contributed by atoms with E-state index < -0.39 is 5.24 Å². The third-order valence-corrected chi connectivity index (χ3v) is 1.66. The van der Waals surface area contributed by atoms with Gasteiger partial charge in [0.1, 0.15) is 0 Å². The molecule has 0 aliphatic rings. The summed E-state index contributed by atoms with van der Waals surface area (Å²) in [7, 11) is 0. The number of carbonyl (C=O) groups is 1. The van der Waals surface area contributed by atoms with Crippen LogP contribution in [0.4, 0.5) is 4.79 Å². The molecular formula is C6H14N2O2S3. The van der Waals surface area contributed by atoms with E-state index in [1.807, 2.05) is 0 Å². The number of hydrogen-bond donors (Lipinski definition) is 3. The van der Waals surface area contributed by atoms with Gasteiger partial charge in [-0.05, 0) is 18.6 Å². The summed E-state index contributed by atoms with van der Waals surface area (Å²) in [5, 5.41) is -0.517. The second kappa shape index (κ2) is 11.9. The highest BCUT2D eigenvalue weighted by Crippen LogP contribution is 2.04. The number of rotatable bonds is 4. The van der Waals surface area contributed by atoms with Gasteiger partial charge in [0.15, 0.2) is 0 Å². The summed E-state index contributed by atoms with van der Waals surface area (Å²) in [6, 6.07) is 0. The van der Waals surface area contributed by atoms with Crippen molar-refractivity contribution in [3.05, 3.63) is 0 Å². The van der Waals surface area contributed by atoms with Crippen LogP contribution in [0.25, 0.3) is 0 Å². The molecule has 0 aliphatic carbocycles. The smallest absolute Gasteiger partial charge is 0.273 e. The van der Waals surface area contributed by atoms with Crippen LogP contribution in [0.5, 0.6) is 0 Å². The normalized spacial score (nSPS) is 8.15. The Kier molecular flexibility index (Phi) is 14.0. The van der Waals surface area contributed by atoms with Crippen LogP contribution < -0.4 is 11.5 Å². The quantitative estimate of drug-likeness (QED) is 0.303. The zero-order chi connectivity index (χ0) is 10.7. The first-order valence-corrected chi connectivity index (χ1v) is 5.34. The van der Waals surface area contributed by atoms with E-state index in [0.717, 1.165) is 12.2 Å². The third-order valence-electron chi connectivity index (χ3n) is 0.722. The van der Waals surface area contributed by atoms with Gasteiger partial charge in [0, 0.05) is 5.75 Å². The molecule has 0 fully saturated rings. The molecule has 0 aliphatic heterocycles. The maximum Gasteiger partial charge on any atom is 0.273 e. The van der Waals surface area contributed by atoms with E-state index in [4.69, 9.17) is 14.7 Å². The lowest BCUT2D eigenvalue weighted by molar-refractivity contribution is 0.267. The molecule has 0 rings (SSSR count). The Morgan fingerprint density at radius 3 is 2.38 bits per heavy atom. The molecule has 4 N–H and O–H groups in total. The molecule has 0 bridgehead atoms. The van der Waals surface area contributed by atoms with Gasteiger partial charge in [-0.1, -0.05) is 26.0 Å². The fraction of sp³-hybridized carbons (Fsp3) is 0.667. The van der Waals surface area contributed by atoms with Crippen molar-refractivity contribution >= 4 is 47.3 Å². The first kappa shape index (κ1) is 15.3. The minimum atomic E-state index is -0.639. The van der Waals surface area contributed by atoms with Crippen molar-refractivity contribution in [1.82, 2.24) is 0 Å². The van der Waals surface area contributed by atoms with Crippen LogP contribution in [0.1, 0.15) is 19.8 Å². The number of thiol groups is 1. The lowest BCUT2D eigenvalue weighted by Gasteiger charge is -1.97. The van der Waals surface area contributed by atoms with Crippen molar-refractivity contribution < 1.29 is 8.98 Å². The second-order valence-electron chi connectivity index (χ2n) is 1.92. The summed E-state index contributed by atoms with van der Waals surface area (Å²) < 4.78 is 4.77. The van der Waals surface area contributed by atoms with E-state index in [-0.39, 0.29) is 5.17 Å². The summed E-state index contributed by atoms with van der Waals surface area (Å²) in [4.78, 5) is 9.09. The fourth-order valence-corrected chi connectivity index (χ4v) is 1.05. The zero-order valence-corrected chi connectivity index (χ0v) is 9.88. The lowest BCUT2D eigenvalue weighted by Crippen LogP contribution is -2.08. The van der Waals surface area contributed by atoms with Crippen molar-refractivity contribution in [2.75, 3.05) is 5.75 Å². The maximum atomic E-state index is 9.09. The van der Waals surface area contributed by atoms with Gasteiger partial charge in [-0.15, -0.1) is 0 Å². The van der Waals surface area contributed by atoms with Gasteiger partial charge in [-0.25, -0.2) is 0 Å². The Bertz CT molecular complexity index is 151. The molecule has 13 heavy (non-hydrogen) atoms. The standard InChI is InChI=1S/C5H11NOS2.CH3NOS/c1-2-3-4-9-7-5(6)8;2-1(3)4/h2-4H2,1H3,(H2,6,8);(H3,2,3,4). The van der Waals surface area contributed by atoms with E-state index in [2.05, 4.69) is 37.5 Å². The van der Waals surface area contributed by atoms with Gasteiger partial charge < -0.3 is 15.7 Å². The molecule has 7 heteroatoms. The van der Waals surface area contributed by atoms with Crippen LogP contribution in [-0.4, -0.2) is 16.2 Å². The number of amides is 1. The highest BCUT2D eigenvalue weighted by Gasteiger charge is 1.89. The molecule has 4 nitrogen and oxygen atoms in total. The van der Waals surface area contributed by atoms with E-state index in [1.54, 1.807) is 0 Å². The Balaban J connectivity index is 0. The summed E-state index contributed by atoms with van der Waals surface area (Å²) >= 11 is 8.90. The van der Waals surface area contributed by atoms with Crippen LogP contribution >= 0.6 is 36.9 Å². The molecule has 0 atom stereocenters. The van der Waals surface area contributed by atoms with Crippen LogP contribution in [-0.2, 0) is 4.18 Å². The third kappa shape index (κ3) is 33.6. The van der Waals surface area contributed by atoms with Crippen LogP contribution in [0.15, 0.2) is 0 Å². The number of unbranched alkanes of at least 4 members (excludes halogenated alkanes) is 1. The van der Waals surface area contributed by atoms with Crippen molar-refractivity contribution in [3.63, 3.8) is 0 Å².